The van der Waals surface area contributed by atoms with Crippen LogP contribution in [0.3, 0.4) is 0 Å². The van der Waals surface area contributed by atoms with Gasteiger partial charge in [-0.2, -0.15) is 0 Å². The Kier molecular flexibility index (Phi) is 4.56. The first-order chi connectivity index (χ1) is 10.8. The predicted molar refractivity (Wildman–Crippen MR) is 90.0 cm³/mol. The lowest BCUT2D eigenvalue weighted by atomic mass is 9.78. The molecule has 0 aliphatic carbocycles. The van der Waals surface area contributed by atoms with Gasteiger partial charge < -0.3 is 14.6 Å². The maximum absolute atomic E-state index is 6.08. The monoisotopic (exact) mass is 294 g/mol. The third-order valence-corrected chi connectivity index (χ3v) is 3.66. The van der Waals surface area contributed by atoms with E-state index in [1.807, 2.05) is 31.3 Å². The van der Waals surface area contributed by atoms with E-state index in [0.717, 1.165) is 23.3 Å². The molecule has 0 radical (unpaired) electrons. The van der Waals surface area contributed by atoms with Gasteiger partial charge in [0.05, 0.1) is 6.61 Å². The second-order valence-electron chi connectivity index (χ2n) is 5.25. The molecule has 0 aromatic heterocycles. The molecule has 5 heteroatoms. The summed E-state index contributed by atoms with van der Waals surface area (Å²) >= 11 is 0. The molecule has 0 fully saturated rings. The number of para-hydroxylation sites is 1. The van der Waals surface area contributed by atoms with Crippen LogP contribution in [0.15, 0.2) is 47.5 Å². The average Bonchev–Trinajstić information content (AvgIpc) is 2.92. The van der Waals surface area contributed by atoms with E-state index in [4.69, 9.17) is 9.31 Å². The molecule has 0 saturated heterocycles. The molecule has 112 valence electrons. The fourth-order valence-electron chi connectivity index (χ4n) is 2.61. The fourth-order valence-corrected chi connectivity index (χ4v) is 2.61. The Labute approximate surface area is 131 Å². The summed E-state index contributed by atoms with van der Waals surface area (Å²) in [6.07, 6.45) is 1.79. The fraction of sp³-hybridized carbons (Fsp3) is 0.235. The third-order valence-electron chi connectivity index (χ3n) is 3.66. The van der Waals surface area contributed by atoms with Gasteiger partial charge in [-0.3, -0.25) is 4.99 Å². The Morgan fingerprint density at radius 1 is 1.32 bits per heavy atom. The van der Waals surface area contributed by atoms with Crippen LogP contribution in [-0.2, 0) is 17.8 Å². The summed E-state index contributed by atoms with van der Waals surface area (Å²) in [6, 6.07) is 14.2. The molecule has 2 aromatic carbocycles. The predicted octanol–water partition coefficient (Wildman–Crippen LogP) is 1.76. The van der Waals surface area contributed by atoms with Gasteiger partial charge in [0.1, 0.15) is 5.75 Å². The van der Waals surface area contributed by atoms with Crippen molar-refractivity contribution in [2.24, 2.45) is 4.99 Å². The molecule has 0 spiro atoms. The lowest BCUT2D eigenvalue weighted by Crippen LogP contribution is -2.36. The lowest BCUT2D eigenvalue weighted by Gasteiger charge is -2.13. The van der Waals surface area contributed by atoms with Gasteiger partial charge in [0, 0.05) is 30.8 Å². The third kappa shape index (κ3) is 3.05. The molecule has 1 heterocycles. The van der Waals surface area contributed by atoms with Crippen molar-refractivity contribution in [3.8, 4) is 5.75 Å². The van der Waals surface area contributed by atoms with Gasteiger partial charge in [-0.1, -0.05) is 30.3 Å². The highest BCUT2D eigenvalue weighted by Crippen LogP contribution is 2.20. The summed E-state index contributed by atoms with van der Waals surface area (Å²) in [5.41, 5.74) is 4.47. The van der Waals surface area contributed by atoms with E-state index in [-0.39, 0.29) is 7.12 Å². The smallest absolute Gasteiger partial charge is 0.532 e. The van der Waals surface area contributed by atoms with Crippen LogP contribution in [0, 0.1) is 0 Å². The van der Waals surface area contributed by atoms with Crippen LogP contribution in [0.25, 0.3) is 0 Å². The molecule has 2 aromatic rings. The zero-order chi connectivity index (χ0) is 15.4. The number of nitrogens with zero attached hydrogens (tertiary/aromatic N) is 1. The van der Waals surface area contributed by atoms with Crippen LogP contribution < -0.4 is 15.4 Å². The van der Waals surface area contributed by atoms with Gasteiger partial charge in [0.15, 0.2) is 0 Å². The number of aliphatic imine (C=N–C) groups is 1. The van der Waals surface area contributed by atoms with Crippen molar-refractivity contribution in [3.63, 3.8) is 0 Å². The Bertz CT molecular complexity index is 688. The van der Waals surface area contributed by atoms with Crippen LogP contribution in [-0.4, -0.2) is 27.4 Å². The molecular weight excluding hydrogens is 275 g/mol. The number of benzene rings is 2. The summed E-state index contributed by atoms with van der Waals surface area (Å²) in [7, 11) is 3.33. The number of hydrogen-bond donors (Lipinski definition) is 1. The maximum Gasteiger partial charge on any atom is 0.563 e. The molecule has 0 saturated carbocycles. The van der Waals surface area contributed by atoms with Crippen LogP contribution in [0.2, 0.25) is 0 Å². The highest BCUT2D eigenvalue weighted by atomic mass is 16.6. The van der Waals surface area contributed by atoms with E-state index in [1.54, 1.807) is 13.3 Å². The van der Waals surface area contributed by atoms with Gasteiger partial charge in [0.2, 0.25) is 0 Å². The second kappa shape index (κ2) is 6.77. The average molecular weight is 294 g/mol. The molecule has 22 heavy (non-hydrogen) atoms. The summed E-state index contributed by atoms with van der Waals surface area (Å²) in [6.45, 7) is 1.42. The molecule has 0 atom stereocenters. The molecule has 0 unspecified atom stereocenters. The minimum absolute atomic E-state index is 0.363. The SMILES string of the molecule is CN=Cc1ccccc1OB1OCc2ccc(CNC)cc21. The first-order valence-electron chi connectivity index (χ1n) is 7.37. The number of nitrogens with one attached hydrogen (secondary N) is 1. The van der Waals surface area contributed by atoms with Gasteiger partial charge in [-0.15, -0.1) is 0 Å². The number of rotatable bonds is 5. The topological polar surface area (TPSA) is 42.9 Å². The first-order valence-corrected chi connectivity index (χ1v) is 7.37. The minimum Gasteiger partial charge on any atom is -0.532 e. The molecule has 1 aliphatic heterocycles. The summed E-state index contributed by atoms with van der Waals surface area (Å²) in [4.78, 5) is 4.07. The second-order valence-corrected chi connectivity index (χ2v) is 5.25. The van der Waals surface area contributed by atoms with Crippen molar-refractivity contribution < 1.29 is 9.31 Å². The summed E-state index contributed by atoms with van der Waals surface area (Å²) in [5, 5.41) is 3.17. The largest absolute Gasteiger partial charge is 0.563 e. The van der Waals surface area contributed by atoms with Crippen LogP contribution >= 0.6 is 0 Å². The zero-order valence-electron chi connectivity index (χ0n) is 12.9. The minimum atomic E-state index is -0.363. The quantitative estimate of drug-likeness (QED) is 0.675. The first kappa shape index (κ1) is 14.8. The van der Waals surface area contributed by atoms with Crippen molar-refractivity contribution in [1.82, 2.24) is 5.32 Å². The van der Waals surface area contributed by atoms with E-state index >= 15 is 0 Å². The summed E-state index contributed by atoms with van der Waals surface area (Å²) < 4.78 is 11.9. The van der Waals surface area contributed by atoms with E-state index in [1.165, 1.54) is 11.1 Å². The van der Waals surface area contributed by atoms with Crippen LogP contribution in [0.1, 0.15) is 16.7 Å². The molecular formula is C17H19BN2O2. The molecule has 4 nitrogen and oxygen atoms in total. The standard InChI is InChI=1S/C17H19BN2O2/c1-19-10-13-7-8-15-12-21-18(16(15)9-13)22-17-6-4-3-5-14(17)11-20-2/h3-9,11,19H,10,12H2,1-2H3. The van der Waals surface area contributed by atoms with Crippen molar-refractivity contribution in [2.45, 2.75) is 13.2 Å². The van der Waals surface area contributed by atoms with E-state index in [2.05, 4.69) is 28.5 Å². The van der Waals surface area contributed by atoms with Gasteiger partial charge in [0.25, 0.3) is 0 Å². The van der Waals surface area contributed by atoms with Crippen LogP contribution in [0.4, 0.5) is 0 Å². The van der Waals surface area contributed by atoms with E-state index in [9.17, 15) is 0 Å². The highest BCUT2D eigenvalue weighted by molar-refractivity contribution is 6.63. The molecule has 1 aliphatic rings. The van der Waals surface area contributed by atoms with Crippen molar-refractivity contribution in [3.05, 3.63) is 59.2 Å². The summed E-state index contributed by atoms with van der Waals surface area (Å²) in [5.74, 6) is 0.782. The van der Waals surface area contributed by atoms with Gasteiger partial charge >= 0.3 is 7.12 Å². The van der Waals surface area contributed by atoms with E-state index < -0.39 is 0 Å². The Hall–Kier alpha value is -2.11. The molecule has 1 N–H and O–H groups in total. The number of fused-ring (bicyclic) bond motifs is 1. The molecule has 3 rings (SSSR count). The Morgan fingerprint density at radius 3 is 3.00 bits per heavy atom. The lowest BCUT2D eigenvalue weighted by molar-refractivity contribution is 0.280. The molecule has 0 amide bonds. The maximum atomic E-state index is 6.08. The highest BCUT2D eigenvalue weighted by Gasteiger charge is 2.33. The van der Waals surface area contributed by atoms with Crippen molar-refractivity contribution >= 4 is 18.8 Å². The Morgan fingerprint density at radius 2 is 2.18 bits per heavy atom. The van der Waals surface area contributed by atoms with Gasteiger partial charge in [-0.05, 0) is 30.3 Å². The zero-order valence-corrected chi connectivity index (χ0v) is 12.9. The Balaban J connectivity index is 1.86. The number of hydrogen-bond acceptors (Lipinski definition) is 4. The van der Waals surface area contributed by atoms with Crippen molar-refractivity contribution in [1.29, 1.82) is 0 Å². The van der Waals surface area contributed by atoms with Crippen molar-refractivity contribution in [2.75, 3.05) is 14.1 Å². The van der Waals surface area contributed by atoms with Gasteiger partial charge in [-0.25, -0.2) is 0 Å². The van der Waals surface area contributed by atoms with Crippen LogP contribution in [0.5, 0.6) is 5.75 Å². The molecule has 0 bridgehead atoms. The normalized spacial score (nSPS) is 13.6. The van der Waals surface area contributed by atoms with E-state index in [0.29, 0.717) is 6.61 Å².